The van der Waals surface area contributed by atoms with Gasteiger partial charge in [-0.2, -0.15) is 0 Å². The van der Waals surface area contributed by atoms with E-state index in [4.69, 9.17) is 4.74 Å². The lowest BCUT2D eigenvalue weighted by Gasteiger charge is -2.15. The molecule has 1 aliphatic heterocycles. The van der Waals surface area contributed by atoms with Crippen molar-refractivity contribution in [1.82, 2.24) is 4.57 Å². The highest BCUT2D eigenvalue weighted by Gasteiger charge is 2.36. The number of benzene rings is 2. The molecule has 0 unspecified atom stereocenters. The fourth-order valence-electron chi connectivity index (χ4n) is 3.31. The Morgan fingerprint density at radius 1 is 1.09 bits per heavy atom. The van der Waals surface area contributed by atoms with E-state index >= 15 is 0 Å². The molecule has 4 nitrogen and oxygen atoms in total. The summed E-state index contributed by atoms with van der Waals surface area (Å²) in [4.78, 5) is 25.5. The summed E-state index contributed by atoms with van der Waals surface area (Å²) >= 11 is 0. The third-order valence-electron chi connectivity index (χ3n) is 4.28. The molecule has 3 aromatic rings. The standard InChI is InChI=1S/C19H15NO3/c1-2-23-19(22)16-14-8-4-3-7-13(14)15-9-5-6-12-10-11-20(17(12)15)18(16)21/h3-11,16H,2H2,1H3/t16-/m1/s1. The van der Waals surface area contributed by atoms with Gasteiger partial charge >= 0.3 is 5.97 Å². The zero-order chi connectivity index (χ0) is 16.0. The number of hydrogen-bond donors (Lipinski definition) is 0. The summed E-state index contributed by atoms with van der Waals surface area (Å²) < 4.78 is 6.74. The second kappa shape index (κ2) is 5.09. The van der Waals surface area contributed by atoms with Gasteiger partial charge in [-0.25, -0.2) is 0 Å². The van der Waals surface area contributed by atoms with Crippen LogP contribution in [0.1, 0.15) is 23.2 Å². The largest absolute Gasteiger partial charge is 0.465 e. The topological polar surface area (TPSA) is 48.3 Å². The molecular weight excluding hydrogens is 290 g/mol. The Morgan fingerprint density at radius 3 is 2.70 bits per heavy atom. The number of hydrogen-bond acceptors (Lipinski definition) is 3. The average molecular weight is 305 g/mol. The second-order valence-electron chi connectivity index (χ2n) is 5.54. The van der Waals surface area contributed by atoms with Crippen LogP contribution < -0.4 is 0 Å². The van der Waals surface area contributed by atoms with E-state index in [-0.39, 0.29) is 12.5 Å². The zero-order valence-corrected chi connectivity index (χ0v) is 12.7. The van der Waals surface area contributed by atoms with E-state index in [1.807, 2.05) is 48.5 Å². The first kappa shape index (κ1) is 13.8. The molecule has 0 fully saturated rings. The molecule has 0 saturated carbocycles. The number of fused-ring (bicyclic) bond motifs is 2. The van der Waals surface area contributed by atoms with Gasteiger partial charge in [0.2, 0.25) is 5.91 Å². The third-order valence-corrected chi connectivity index (χ3v) is 4.28. The van der Waals surface area contributed by atoms with Crippen molar-refractivity contribution in [3.63, 3.8) is 0 Å². The molecule has 1 atom stereocenters. The second-order valence-corrected chi connectivity index (χ2v) is 5.54. The molecule has 114 valence electrons. The average Bonchev–Trinajstić information content (AvgIpc) is 2.95. The van der Waals surface area contributed by atoms with Crippen LogP contribution in [0.2, 0.25) is 0 Å². The lowest BCUT2D eigenvalue weighted by atomic mass is 9.90. The van der Waals surface area contributed by atoms with Gasteiger partial charge < -0.3 is 4.74 Å². The maximum atomic E-state index is 13.0. The molecule has 23 heavy (non-hydrogen) atoms. The maximum Gasteiger partial charge on any atom is 0.323 e. The molecule has 1 aromatic heterocycles. The highest BCUT2D eigenvalue weighted by molar-refractivity contribution is 6.13. The van der Waals surface area contributed by atoms with Crippen LogP contribution in [-0.2, 0) is 9.53 Å². The van der Waals surface area contributed by atoms with Crippen LogP contribution in [0.25, 0.3) is 22.0 Å². The van der Waals surface area contributed by atoms with Gasteiger partial charge in [0.05, 0.1) is 12.1 Å². The van der Waals surface area contributed by atoms with Gasteiger partial charge in [0, 0.05) is 17.1 Å². The summed E-state index contributed by atoms with van der Waals surface area (Å²) in [5, 5.41) is 0.982. The molecular formula is C19H15NO3. The van der Waals surface area contributed by atoms with Crippen LogP contribution in [0, 0.1) is 0 Å². The van der Waals surface area contributed by atoms with Gasteiger partial charge in [0.1, 0.15) is 0 Å². The van der Waals surface area contributed by atoms with Crippen molar-refractivity contribution >= 4 is 22.8 Å². The van der Waals surface area contributed by atoms with E-state index < -0.39 is 11.9 Å². The van der Waals surface area contributed by atoms with Crippen LogP contribution in [0.3, 0.4) is 0 Å². The van der Waals surface area contributed by atoms with Gasteiger partial charge in [-0.05, 0) is 24.1 Å². The Hall–Kier alpha value is -2.88. The van der Waals surface area contributed by atoms with Gasteiger partial charge in [-0.15, -0.1) is 0 Å². The molecule has 0 N–H and O–H groups in total. The number of para-hydroxylation sites is 1. The van der Waals surface area contributed by atoms with E-state index in [2.05, 4.69) is 0 Å². The van der Waals surface area contributed by atoms with Gasteiger partial charge in [0.25, 0.3) is 0 Å². The highest BCUT2D eigenvalue weighted by atomic mass is 16.5. The number of ether oxygens (including phenoxy) is 1. The molecule has 2 heterocycles. The Morgan fingerprint density at radius 2 is 1.87 bits per heavy atom. The summed E-state index contributed by atoms with van der Waals surface area (Å²) in [6, 6.07) is 15.4. The van der Waals surface area contributed by atoms with Crippen molar-refractivity contribution in [1.29, 1.82) is 0 Å². The molecule has 4 heteroatoms. The van der Waals surface area contributed by atoms with Crippen LogP contribution in [-0.4, -0.2) is 23.1 Å². The molecule has 1 aliphatic rings. The van der Waals surface area contributed by atoms with Gasteiger partial charge in [-0.1, -0.05) is 42.5 Å². The van der Waals surface area contributed by atoms with Crippen molar-refractivity contribution in [3.8, 4) is 11.1 Å². The number of rotatable bonds is 2. The molecule has 0 saturated heterocycles. The molecule has 2 aromatic carbocycles. The molecule has 0 radical (unpaired) electrons. The predicted octanol–water partition coefficient (Wildman–Crippen LogP) is 3.61. The lowest BCUT2D eigenvalue weighted by Crippen LogP contribution is -2.27. The predicted molar refractivity (Wildman–Crippen MR) is 87.4 cm³/mol. The Labute approximate surface area is 133 Å². The van der Waals surface area contributed by atoms with Crippen LogP contribution >= 0.6 is 0 Å². The lowest BCUT2D eigenvalue weighted by molar-refractivity contribution is -0.143. The fraction of sp³-hybridized carbons (Fsp3) is 0.158. The maximum absolute atomic E-state index is 13.0. The van der Waals surface area contributed by atoms with Crippen molar-refractivity contribution in [2.24, 2.45) is 0 Å². The fourth-order valence-corrected chi connectivity index (χ4v) is 3.31. The van der Waals surface area contributed by atoms with Crippen LogP contribution in [0.15, 0.2) is 54.7 Å². The number of esters is 1. The van der Waals surface area contributed by atoms with Crippen molar-refractivity contribution < 1.29 is 14.3 Å². The van der Waals surface area contributed by atoms with Crippen molar-refractivity contribution in [2.75, 3.05) is 6.61 Å². The highest BCUT2D eigenvalue weighted by Crippen LogP contribution is 2.39. The van der Waals surface area contributed by atoms with E-state index in [1.54, 1.807) is 17.7 Å². The summed E-state index contributed by atoms with van der Waals surface area (Å²) in [6.07, 6.45) is 1.73. The Balaban J connectivity index is 2.07. The zero-order valence-electron chi connectivity index (χ0n) is 12.7. The van der Waals surface area contributed by atoms with Crippen LogP contribution in [0.5, 0.6) is 0 Å². The Bertz CT molecular complexity index is 939. The Kier molecular flexibility index (Phi) is 3.05. The van der Waals surface area contributed by atoms with Gasteiger partial charge in [-0.3, -0.25) is 14.2 Å². The number of carbonyl (C=O) groups is 2. The van der Waals surface area contributed by atoms with E-state index in [1.165, 1.54) is 0 Å². The number of nitrogens with zero attached hydrogens (tertiary/aromatic N) is 1. The van der Waals surface area contributed by atoms with Crippen molar-refractivity contribution in [3.05, 3.63) is 60.3 Å². The minimum absolute atomic E-state index is 0.249. The number of carbonyl (C=O) groups excluding carboxylic acids is 2. The normalized spacial score (nSPS) is 16.0. The quantitative estimate of drug-likeness (QED) is 0.537. The summed E-state index contributed by atoms with van der Waals surface area (Å²) in [6.45, 7) is 1.99. The molecule has 0 bridgehead atoms. The summed E-state index contributed by atoms with van der Waals surface area (Å²) in [7, 11) is 0. The monoisotopic (exact) mass is 305 g/mol. The summed E-state index contributed by atoms with van der Waals surface area (Å²) in [5.41, 5.74) is 3.41. The van der Waals surface area contributed by atoms with E-state index in [0.29, 0.717) is 5.56 Å². The SMILES string of the molecule is CCOC(=O)[C@H]1C(=O)n2ccc3cccc(c32)-c2ccccc21. The molecule has 0 spiro atoms. The van der Waals surface area contributed by atoms with E-state index in [9.17, 15) is 9.59 Å². The third kappa shape index (κ3) is 1.91. The smallest absolute Gasteiger partial charge is 0.323 e. The molecule has 4 rings (SSSR count). The van der Waals surface area contributed by atoms with Gasteiger partial charge in [0.15, 0.2) is 5.92 Å². The minimum Gasteiger partial charge on any atom is -0.465 e. The molecule has 0 amide bonds. The minimum atomic E-state index is -0.936. The first-order chi connectivity index (χ1) is 11.2. The summed E-state index contributed by atoms with van der Waals surface area (Å²) in [5.74, 6) is -1.70. The van der Waals surface area contributed by atoms with Crippen molar-refractivity contribution in [2.45, 2.75) is 12.8 Å². The number of aromatic nitrogens is 1. The first-order valence-electron chi connectivity index (χ1n) is 7.62. The molecule has 0 aliphatic carbocycles. The van der Waals surface area contributed by atoms with E-state index in [0.717, 1.165) is 22.0 Å². The first-order valence-corrected chi connectivity index (χ1v) is 7.62. The van der Waals surface area contributed by atoms with Crippen LogP contribution in [0.4, 0.5) is 0 Å².